The number of nitrogens with one attached hydrogen (secondary N) is 1. The van der Waals surface area contributed by atoms with Crippen molar-refractivity contribution in [3.8, 4) is 0 Å². The first-order chi connectivity index (χ1) is 8.42. The molecule has 4 heteroatoms. The summed E-state index contributed by atoms with van der Waals surface area (Å²) < 4.78 is 22.1. The molecule has 0 bridgehead atoms. The Hall–Kier alpha value is -0.870. The molecule has 0 aromatic heterocycles. The molecule has 0 aliphatic heterocycles. The van der Waals surface area contributed by atoms with Gasteiger partial charge in [-0.3, -0.25) is 0 Å². The third-order valence-corrected chi connectivity index (χ3v) is 3.89. The highest BCUT2D eigenvalue weighted by atomic mass is 32.2. The Kier molecular flexibility index (Phi) is 5.82. The molecule has 1 aromatic carbocycles. The van der Waals surface area contributed by atoms with Gasteiger partial charge in [-0.1, -0.05) is 37.6 Å². The van der Waals surface area contributed by atoms with E-state index in [0.717, 1.165) is 12.8 Å². The van der Waals surface area contributed by atoms with Gasteiger partial charge in [-0.15, -0.1) is 0 Å². The summed E-state index contributed by atoms with van der Waals surface area (Å²) in [6.07, 6.45) is 3.52. The first kappa shape index (κ1) is 15.2. The van der Waals surface area contributed by atoms with E-state index in [1.807, 2.05) is 0 Å². The fourth-order valence-corrected chi connectivity index (χ4v) is 2.33. The summed E-state index contributed by atoms with van der Waals surface area (Å²) in [5.74, 6) is 0.186. The van der Waals surface area contributed by atoms with Crippen molar-refractivity contribution in [3.63, 3.8) is 0 Å². The van der Waals surface area contributed by atoms with Crippen LogP contribution in [0.2, 0.25) is 0 Å². The molecule has 0 aliphatic carbocycles. The van der Waals surface area contributed by atoms with E-state index in [-0.39, 0.29) is 11.8 Å². The molecule has 0 aliphatic rings. The van der Waals surface area contributed by atoms with Crippen molar-refractivity contribution < 1.29 is 8.42 Å². The molecule has 3 nitrogen and oxygen atoms in total. The van der Waals surface area contributed by atoms with E-state index in [1.165, 1.54) is 17.4 Å². The monoisotopic (exact) mass is 269 g/mol. The molecular formula is C14H23NO2S. The smallest absolute Gasteiger partial charge is 0.148 e. The zero-order chi connectivity index (χ0) is 13.6. The van der Waals surface area contributed by atoms with Gasteiger partial charge in [-0.2, -0.15) is 0 Å². The maximum atomic E-state index is 11.0. The second-order valence-corrected chi connectivity index (χ2v) is 7.06. The zero-order valence-electron chi connectivity index (χ0n) is 11.4. The predicted octanol–water partition coefficient (Wildman–Crippen LogP) is 2.33. The summed E-state index contributed by atoms with van der Waals surface area (Å²) in [6.45, 7) is 4.72. The fraction of sp³-hybridized carbons (Fsp3) is 0.571. The molecule has 1 atom stereocenters. The fourth-order valence-electron chi connectivity index (χ4n) is 1.84. The predicted molar refractivity (Wildman–Crippen MR) is 76.6 cm³/mol. The SMILES string of the molecule is CCCc1ccc(C(C)NCCS(C)(=O)=O)cc1. The minimum Gasteiger partial charge on any atom is -0.309 e. The molecule has 1 rings (SSSR count). The molecule has 0 spiro atoms. The van der Waals surface area contributed by atoms with Crippen molar-refractivity contribution in [2.75, 3.05) is 18.6 Å². The quantitative estimate of drug-likeness (QED) is 0.826. The molecule has 0 saturated carbocycles. The Morgan fingerprint density at radius 1 is 1.22 bits per heavy atom. The molecule has 0 amide bonds. The lowest BCUT2D eigenvalue weighted by molar-refractivity contribution is 0.575. The van der Waals surface area contributed by atoms with E-state index in [2.05, 4.69) is 43.4 Å². The Labute approximate surface area is 111 Å². The van der Waals surface area contributed by atoms with E-state index in [1.54, 1.807) is 0 Å². The average Bonchev–Trinajstić information content (AvgIpc) is 2.28. The molecule has 1 N–H and O–H groups in total. The van der Waals surface area contributed by atoms with Crippen LogP contribution in [0.25, 0.3) is 0 Å². The van der Waals surface area contributed by atoms with Gasteiger partial charge in [0.15, 0.2) is 0 Å². The van der Waals surface area contributed by atoms with E-state index in [4.69, 9.17) is 0 Å². The van der Waals surface area contributed by atoms with Crippen LogP contribution in [0.3, 0.4) is 0 Å². The van der Waals surface area contributed by atoms with Crippen molar-refractivity contribution >= 4 is 9.84 Å². The number of benzene rings is 1. The van der Waals surface area contributed by atoms with Gasteiger partial charge < -0.3 is 5.32 Å². The van der Waals surface area contributed by atoms with Gasteiger partial charge in [0.1, 0.15) is 9.84 Å². The summed E-state index contributed by atoms with van der Waals surface area (Å²) in [6, 6.07) is 8.70. The van der Waals surface area contributed by atoms with E-state index in [0.29, 0.717) is 6.54 Å². The normalized spacial score (nSPS) is 13.5. The molecule has 1 unspecified atom stereocenters. The molecule has 0 heterocycles. The van der Waals surface area contributed by atoms with Crippen LogP contribution in [-0.4, -0.2) is 27.0 Å². The van der Waals surface area contributed by atoms with Gasteiger partial charge in [0.25, 0.3) is 0 Å². The third kappa shape index (κ3) is 5.65. The molecule has 0 saturated heterocycles. The lowest BCUT2D eigenvalue weighted by atomic mass is 10.0. The highest BCUT2D eigenvalue weighted by Gasteiger charge is 2.06. The van der Waals surface area contributed by atoms with Gasteiger partial charge in [-0.25, -0.2) is 8.42 Å². The van der Waals surface area contributed by atoms with Crippen LogP contribution >= 0.6 is 0 Å². The number of sulfone groups is 1. The first-order valence-corrected chi connectivity index (χ1v) is 8.48. The minimum atomic E-state index is -2.88. The number of aryl methyl sites for hydroxylation is 1. The van der Waals surface area contributed by atoms with Crippen LogP contribution in [0.4, 0.5) is 0 Å². The van der Waals surface area contributed by atoms with Crippen LogP contribution in [0.15, 0.2) is 24.3 Å². The van der Waals surface area contributed by atoms with E-state index >= 15 is 0 Å². The van der Waals surface area contributed by atoms with Crippen molar-refractivity contribution in [1.82, 2.24) is 5.32 Å². The average molecular weight is 269 g/mol. The second-order valence-electron chi connectivity index (χ2n) is 4.80. The van der Waals surface area contributed by atoms with Crippen molar-refractivity contribution in [1.29, 1.82) is 0 Å². The Morgan fingerprint density at radius 3 is 2.33 bits per heavy atom. The van der Waals surface area contributed by atoms with Crippen LogP contribution in [0.1, 0.15) is 37.4 Å². The highest BCUT2D eigenvalue weighted by Crippen LogP contribution is 2.14. The van der Waals surface area contributed by atoms with Gasteiger partial charge >= 0.3 is 0 Å². The van der Waals surface area contributed by atoms with Crippen LogP contribution in [0.5, 0.6) is 0 Å². The largest absolute Gasteiger partial charge is 0.309 e. The summed E-state index contributed by atoms with van der Waals surface area (Å²) in [4.78, 5) is 0. The standard InChI is InChI=1S/C14H23NO2S/c1-4-5-13-6-8-14(9-7-13)12(2)15-10-11-18(3,16)17/h6-9,12,15H,4-5,10-11H2,1-3H3. The third-order valence-electron chi connectivity index (χ3n) is 2.94. The summed E-state index contributed by atoms with van der Waals surface area (Å²) in [7, 11) is -2.88. The van der Waals surface area contributed by atoms with E-state index in [9.17, 15) is 8.42 Å². The van der Waals surface area contributed by atoms with Crippen LogP contribution < -0.4 is 5.32 Å². The molecular weight excluding hydrogens is 246 g/mol. The van der Waals surface area contributed by atoms with Crippen LogP contribution in [-0.2, 0) is 16.3 Å². The lowest BCUT2D eigenvalue weighted by Gasteiger charge is -2.14. The van der Waals surface area contributed by atoms with Crippen LogP contribution in [0, 0.1) is 0 Å². The lowest BCUT2D eigenvalue weighted by Crippen LogP contribution is -2.25. The second kappa shape index (κ2) is 6.90. The van der Waals surface area contributed by atoms with Crippen molar-refractivity contribution in [3.05, 3.63) is 35.4 Å². The summed E-state index contributed by atoms with van der Waals surface area (Å²) in [5.41, 5.74) is 2.55. The molecule has 0 fully saturated rings. The summed E-state index contributed by atoms with van der Waals surface area (Å²) >= 11 is 0. The maximum absolute atomic E-state index is 11.0. The van der Waals surface area contributed by atoms with Gasteiger partial charge in [0.2, 0.25) is 0 Å². The number of rotatable bonds is 7. The Morgan fingerprint density at radius 2 is 1.83 bits per heavy atom. The topological polar surface area (TPSA) is 46.2 Å². The maximum Gasteiger partial charge on any atom is 0.148 e. The molecule has 0 radical (unpaired) electrons. The molecule has 1 aromatic rings. The van der Waals surface area contributed by atoms with Gasteiger partial charge in [0, 0.05) is 18.8 Å². The Bertz CT molecular complexity index is 451. The molecule has 18 heavy (non-hydrogen) atoms. The molecule has 102 valence electrons. The first-order valence-electron chi connectivity index (χ1n) is 6.42. The van der Waals surface area contributed by atoms with Gasteiger partial charge in [0.05, 0.1) is 5.75 Å². The highest BCUT2D eigenvalue weighted by molar-refractivity contribution is 7.90. The van der Waals surface area contributed by atoms with E-state index < -0.39 is 9.84 Å². The van der Waals surface area contributed by atoms with Crippen molar-refractivity contribution in [2.24, 2.45) is 0 Å². The minimum absolute atomic E-state index is 0.183. The zero-order valence-corrected chi connectivity index (χ0v) is 12.3. The number of hydrogen-bond acceptors (Lipinski definition) is 3. The Balaban J connectivity index is 2.48. The van der Waals surface area contributed by atoms with Gasteiger partial charge in [-0.05, 0) is 24.5 Å². The van der Waals surface area contributed by atoms with Crippen molar-refractivity contribution in [2.45, 2.75) is 32.7 Å². The summed E-state index contributed by atoms with van der Waals surface area (Å²) in [5, 5.41) is 3.23. The number of hydrogen-bond donors (Lipinski definition) is 1.